The molecule has 0 fully saturated rings. The molecule has 4 nitrogen and oxygen atoms in total. The van der Waals surface area contributed by atoms with Crippen molar-refractivity contribution in [3.63, 3.8) is 0 Å². The zero-order valence-electron chi connectivity index (χ0n) is 7.49. The number of aromatic nitrogens is 2. The highest BCUT2D eigenvalue weighted by molar-refractivity contribution is 5.54. The summed E-state index contributed by atoms with van der Waals surface area (Å²) in [4.78, 5) is 0. The van der Waals surface area contributed by atoms with E-state index in [2.05, 4.69) is 10.2 Å². The first kappa shape index (κ1) is 8.68. The number of nitrogen functional groups attached to an aromatic ring is 1. The lowest BCUT2D eigenvalue weighted by Gasteiger charge is -1.97. The van der Waals surface area contributed by atoms with Crippen molar-refractivity contribution >= 4 is 6.01 Å². The Morgan fingerprint density at radius 2 is 2.14 bits per heavy atom. The minimum absolute atomic E-state index is 0.0695. The number of nitrogens with two attached hydrogens (primary N) is 1. The second-order valence-corrected chi connectivity index (χ2v) is 2.93. The fraction of sp³-hybridized carbons (Fsp3) is 0.111. The van der Waals surface area contributed by atoms with E-state index in [4.69, 9.17) is 10.2 Å². The number of benzene rings is 1. The van der Waals surface area contributed by atoms with Gasteiger partial charge in [-0.05, 0) is 24.6 Å². The van der Waals surface area contributed by atoms with Gasteiger partial charge in [-0.1, -0.05) is 11.2 Å². The number of hydrogen-bond donors (Lipinski definition) is 1. The van der Waals surface area contributed by atoms with Gasteiger partial charge in [-0.3, -0.25) is 0 Å². The number of rotatable bonds is 1. The average Bonchev–Trinajstić information content (AvgIpc) is 2.51. The second kappa shape index (κ2) is 3.10. The zero-order valence-corrected chi connectivity index (χ0v) is 7.49. The highest BCUT2D eigenvalue weighted by Gasteiger charge is 2.11. The normalized spacial score (nSPS) is 10.4. The fourth-order valence-corrected chi connectivity index (χ4v) is 1.14. The molecule has 0 aliphatic rings. The van der Waals surface area contributed by atoms with Gasteiger partial charge in [0.15, 0.2) is 0 Å². The first-order valence-corrected chi connectivity index (χ1v) is 4.02. The van der Waals surface area contributed by atoms with Crippen molar-refractivity contribution in [1.82, 2.24) is 10.2 Å². The highest BCUT2D eigenvalue weighted by atomic mass is 19.1. The molecular weight excluding hydrogens is 185 g/mol. The third kappa shape index (κ3) is 1.44. The molecule has 0 aliphatic heterocycles. The topological polar surface area (TPSA) is 64.9 Å². The van der Waals surface area contributed by atoms with Crippen molar-refractivity contribution in [3.8, 4) is 11.5 Å². The molecule has 1 aromatic heterocycles. The summed E-state index contributed by atoms with van der Waals surface area (Å²) < 4.78 is 18.3. The Kier molecular flexibility index (Phi) is 1.92. The first-order chi connectivity index (χ1) is 6.66. The van der Waals surface area contributed by atoms with Crippen LogP contribution in [0.1, 0.15) is 5.56 Å². The summed E-state index contributed by atoms with van der Waals surface area (Å²) in [5.74, 6) is -0.298. The number of hydrogen-bond acceptors (Lipinski definition) is 4. The van der Waals surface area contributed by atoms with E-state index in [0.29, 0.717) is 0 Å². The van der Waals surface area contributed by atoms with Crippen molar-refractivity contribution in [2.24, 2.45) is 0 Å². The van der Waals surface area contributed by atoms with Crippen molar-refractivity contribution in [2.45, 2.75) is 6.92 Å². The minimum atomic E-state index is -0.395. The van der Waals surface area contributed by atoms with E-state index in [-0.39, 0.29) is 17.5 Å². The molecule has 0 unspecified atom stereocenters. The molecule has 0 atom stereocenters. The van der Waals surface area contributed by atoms with Crippen molar-refractivity contribution in [3.05, 3.63) is 29.6 Å². The maximum atomic E-state index is 13.4. The lowest BCUT2D eigenvalue weighted by Crippen LogP contribution is -1.85. The van der Waals surface area contributed by atoms with Gasteiger partial charge in [0.05, 0.1) is 5.56 Å². The quantitative estimate of drug-likeness (QED) is 0.749. The van der Waals surface area contributed by atoms with Gasteiger partial charge in [-0.15, -0.1) is 5.10 Å². The highest BCUT2D eigenvalue weighted by Crippen LogP contribution is 2.22. The van der Waals surface area contributed by atoms with Gasteiger partial charge in [0.1, 0.15) is 5.82 Å². The van der Waals surface area contributed by atoms with Crippen LogP contribution < -0.4 is 5.73 Å². The number of halogens is 1. The molecule has 1 aromatic carbocycles. The second-order valence-electron chi connectivity index (χ2n) is 2.93. The van der Waals surface area contributed by atoms with Crippen molar-refractivity contribution < 1.29 is 8.81 Å². The molecule has 2 rings (SSSR count). The molecule has 0 bridgehead atoms. The van der Waals surface area contributed by atoms with E-state index in [9.17, 15) is 4.39 Å². The third-order valence-electron chi connectivity index (χ3n) is 1.80. The Hall–Kier alpha value is -1.91. The van der Waals surface area contributed by atoms with Crippen LogP contribution in [0.4, 0.5) is 10.4 Å². The third-order valence-corrected chi connectivity index (χ3v) is 1.80. The molecule has 14 heavy (non-hydrogen) atoms. The van der Waals surface area contributed by atoms with E-state index < -0.39 is 5.82 Å². The van der Waals surface area contributed by atoms with Gasteiger partial charge < -0.3 is 10.2 Å². The molecule has 5 heteroatoms. The molecule has 1 heterocycles. The maximum Gasteiger partial charge on any atom is 0.313 e. The Morgan fingerprint density at radius 3 is 2.71 bits per heavy atom. The molecule has 0 radical (unpaired) electrons. The van der Waals surface area contributed by atoms with Crippen molar-refractivity contribution in [2.75, 3.05) is 5.73 Å². The van der Waals surface area contributed by atoms with Crippen LogP contribution in [0.2, 0.25) is 0 Å². The smallest absolute Gasteiger partial charge is 0.313 e. The lowest BCUT2D eigenvalue weighted by molar-refractivity contribution is 0.575. The van der Waals surface area contributed by atoms with E-state index in [1.165, 1.54) is 6.07 Å². The molecule has 0 saturated carbocycles. The number of nitrogens with zero attached hydrogens (tertiary/aromatic N) is 2. The summed E-state index contributed by atoms with van der Waals surface area (Å²) in [7, 11) is 0. The minimum Gasteiger partial charge on any atom is -0.403 e. The lowest BCUT2D eigenvalue weighted by atomic mass is 10.1. The van der Waals surface area contributed by atoms with Crippen LogP contribution in [0.15, 0.2) is 22.6 Å². The van der Waals surface area contributed by atoms with Crippen LogP contribution >= 0.6 is 0 Å². The van der Waals surface area contributed by atoms with Gasteiger partial charge in [-0.25, -0.2) is 4.39 Å². The summed E-state index contributed by atoms with van der Waals surface area (Å²) in [5, 5.41) is 7.05. The maximum absolute atomic E-state index is 13.4. The first-order valence-electron chi connectivity index (χ1n) is 4.02. The summed E-state index contributed by atoms with van der Waals surface area (Å²) in [6.07, 6.45) is 0. The predicted molar refractivity (Wildman–Crippen MR) is 48.8 cm³/mol. The van der Waals surface area contributed by atoms with E-state index in [0.717, 1.165) is 5.56 Å². The van der Waals surface area contributed by atoms with Crippen LogP contribution in [0, 0.1) is 12.7 Å². The molecule has 2 N–H and O–H groups in total. The van der Waals surface area contributed by atoms with E-state index >= 15 is 0 Å². The standard InChI is InChI=1S/C9H8FN3O/c1-5-2-3-6(7(10)4-5)8-12-13-9(11)14-8/h2-4H,1H3,(H2,11,13). The predicted octanol–water partition coefficient (Wildman–Crippen LogP) is 1.77. The van der Waals surface area contributed by atoms with E-state index in [1.54, 1.807) is 19.1 Å². The fourth-order valence-electron chi connectivity index (χ4n) is 1.14. The molecule has 2 aromatic rings. The monoisotopic (exact) mass is 193 g/mol. The molecule has 72 valence electrons. The molecule has 0 saturated heterocycles. The van der Waals surface area contributed by atoms with Crippen LogP contribution in [0.3, 0.4) is 0 Å². The van der Waals surface area contributed by atoms with Crippen LogP contribution in [-0.2, 0) is 0 Å². The van der Waals surface area contributed by atoms with Gasteiger partial charge in [0.25, 0.3) is 5.89 Å². The van der Waals surface area contributed by atoms with Crippen molar-refractivity contribution in [1.29, 1.82) is 0 Å². The molecule has 0 spiro atoms. The summed E-state index contributed by atoms with van der Waals surface area (Å²) in [5.41, 5.74) is 6.33. The van der Waals surface area contributed by atoms with Gasteiger partial charge in [0.2, 0.25) is 0 Å². The van der Waals surface area contributed by atoms with Crippen LogP contribution in [0.5, 0.6) is 0 Å². The SMILES string of the molecule is Cc1ccc(-c2nnc(N)o2)c(F)c1. The van der Waals surface area contributed by atoms with Gasteiger partial charge in [0, 0.05) is 0 Å². The average molecular weight is 193 g/mol. The largest absolute Gasteiger partial charge is 0.403 e. The number of anilines is 1. The molecular formula is C9H8FN3O. The number of aryl methyl sites for hydroxylation is 1. The Bertz CT molecular complexity index is 467. The van der Waals surface area contributed by atoms with Crippen LogP contribution in [0.25, 0.3) is 11.5 Å². The molecule has 0 aliphatic carbocycles. The summed E-state index contributed by atoms with van der Waals surface area (Å²) >= 11 is 0. The Balaban J connectivity index is 2.52. The summed E-state index contributed by atoms with van der Waals surface area (Å²) in [6.45, 7) is 1.80. The van der Waals surface area contributed by atoms with Gasteiger partial charge in [-0.2, -0.15) is 0 Å². The van der Waals surface area contributed by atoms with Gasteiger partial charge >= 0.3 is 6.01 Å². The summed E-state index contributed by atoms with van der Waals surface area (Å²) in [6, 6.07) is 4.67. The Morgan fingerprint density at radius 1 is 1.36 bits per heavy atom. The van der Waals surface area contributed by atoms with Crippen LogP contribution in [-0.4, -0.2) is 10.2 Å². The van der Waals surface area contributed by atoms with E-state index in [1.807, 2.05) is 0 Å². The molecule has 0 amide bonds. The Labute approximate surface area is 79.6 Å². The zero-order chi connectivity index (χ0) is 10.1.